The van der Waals surface area contributed by atoms with Crippen LogP contribution in [0.15, 0.2) is 41.4 Å². The van der Waals surface area contributed by atoms with Gasteiger partial charge in [0.15, 0.2) is 0 Å². The van der Waals surface area contributed by atoms with Gasteiger partial charge in [0.2, 0.25) is 12.1 Å². The second kappa shape index (κ2) is 11.2. The van der Waals surface area contributed by atoms with Gasteiger partial charge in [-0.1, -0.05) is 35.3 Å². The average Bonchev–Trinajstić information content (AvgIpc) is 2.78. The van der Waals surface area contributed by atoms with Crippen molar-refractivity contribution in [2.45, 2.75) is 38.0 Å². The molecule has 0 aliphatic carbocycles. The number of rotatable bonds is 11. The second-order valence-electron chi connectivity index (χ2n) is 8.24. The highest BCUT2D eigenvalue weighted by atomic mass is 35.5. The maximum Gasteiger partial charge on any atom is 0.270 e. The molecule has 0 fully saturated rings. The second-order valence-corrected chi connectivity index (χ2v) is 9.08. The lowest BCUT2D eigenvalue weighted by Crippen LogP contribution is -2.63. The van der Waals surface area contributed by atoms with Crippen LogP contribution in [-0.2, 0) is 20.7 Å². The predicted octanol–water partition coefficient (Wildman–Crippen LogP) is 4.59. The predicted molar refractivity (Wildman–Crippen MR) is 132 cm³/mol. The Balaban J connectivity index is 1.58. The van der Waals surface area contributed by atoms with E-state index in [9.17, 15) is 14.0 Å². The van der Waals surface area contributed by atoms with Gasteiger partial charge < -0.3 is 20.3 Å². The maximum atomic E-state index is 14.7. The number of carbonyl (C=O) groups excluding carboxylic acids is 2. The van der Waals surface area contributed by atoms with Gasteiger partial charge in [-0.15, -0.1) is 0 Å². The van der Waals surface area contributed by atoms with Crippen LogP contribution in [0.2, 0.25) is 10.0 Å². The number of amides is 2. The van der Waals surface area contributed by atoms with Crippen molar-refractivity contribution in [3.8, 4) is 0 Å². The van der Waals surface area contributed by atoms with E-state index in [0.717, 1.165) is 11.4 Å². The summed E-state index contributed by atoms with van der Waals surface area (Å²) in [6.07, 6.45) is 1.32. The molecule has 0 saturated carbocycles. The highest BCUT2D eigenvalue weighted by Gasteiger charge is 2.42. The van der Waals surface area contributed by atoms with Crippen molar-refractivity contribution in [2.24, 2.45) is 4.99 Å². The van der Waals surface area contributed by atoms with Gasteiger partial charge in [-0.3, -0.25) is 9.59 Å². The molecule has 0 spiro atoms. The molecular formula is C24H27Cl2FN4O3. The lowest BCUT2D eigenvalue weighted by Gasteiger charge is -2.38. The number of anilines is 1. The summed E-state index contributed by atoms with van der Waals surface area (Å²) in [5.41, 5.74) is 0.451. The van der Waals surface area contributed by atoms with Crippen LogP contribution in [-0.4, -0.2) is 49.4 Å². The summed E-state index contributed by atoms with van der Waals surface area (Å²) < 4.78 is 20.2. The quantitative estimate of drug-likeness (QED) is 0.435. The molecule has 2 unspecified atom stereocenters. The molecule has 2 aromatic carbocycles. The summed E-state index contributed by atoms with van der Waals surface area (Å²) in [5, 5.41) is 6.23. The molecule has 0 saturated heterocycles. The van der Waals surface area contributed by atoms with Gasteiger partial charge >= 0.3 is 0 Å². The first-order valence-corrected chi connectivity index (χ1v) is 11.5. The van der Waals surface area contributed by atoms with Gasteiger partial charge in [0.1, 0.15) is 11.7 Å². The molecule has 34 heavy (non-hydrogen) atoms. The molecule has 2 N–H and O–H groups in total. The summed E-state index contributed by atoms with van der Waals surface area (Å²) >= 11 is 12.0. The number of amidine groups is 1. The summed E-state index contributed by atoms with van der Waals surface area (Å²) in [6, 6.07) is 10.4. The fourth-order valence-electron chi connectivity index (χ4n) is 4.02. The SMILES string of the molecule is COC(CCCN(C)C(=O)C1(C)N=C(Cc2cccc(Cl)c2)N1)c1c(NC=O)ccc(Cl)c1F. The zero-order valence-corrected chi connectivity index (χ0v) is 20.7. The van der Waals surface area contributed by atoms with Crippen LogP contribution in [0.25, 0.3) is 0 Å². The minimum Gasteiger partial charge on any atom is -0.377 e. The van der Waals surface area contributed by atoms with Gasteiger partial charge in [0.05, 0.1) is 11.1 Å². The molecule has 0 aromatic heterocycles. The minimum atomic E-state index is -1.02. The number of aliphatic imine (C=N–C) groups is 1. The largest absolute Gasteiger partial charge is 0.377 e. The number of benzene rings is 2. The van der Waals surface area contributed by atoms with Gasteiger partial charge in [-0.05, 0) is 49.6 Å². The summed E-state index contributed by atoms with van der Waals surface area (Å²) in [6.45, 7) is 2.14. The Bertz CT molecular complexity index is 1100. The number of hydrogen-bond donors (Lipinski definition) is 2. The third-order valence-corrected chi connectivity index (χ3v) is 6.21. The molecule has 2 aromatic rings. The van der Waals surface area contributed by atoms with Gasteiger partial charge in [0, 0.05) is 43.4 Å². The van der Waals surface area contributed by atoms with E-state index in [-0.39, 0.29) is 16.5 Å². The number of nitrogens with one attached hydrogen (secondary N) is 2. The molecule has 0 radical (unpaired) electrons. The molecule has 10 heteroatoms. The number of halogens is 3. The van der Waals surface area contributed by atoms with E-state index in [1.165, 1.54) is 19.2 Å². The van der Waals surface area contributed by atoms with Gasteiger partial charge in [-0.2, -0.15) is 0 Å². The first-order chi connectivity index (χ1) is 16.2. The fourth-order valence-corrected chi connectivity index (χ4v) is 4.39. The van der Waals surface area contributed by atoms with Crippen molar-refractivity contribution in [3.63, 3.8) is 0 Å². The normalized spacial score (nSPS) is 17.8. The third-order valence-electron chi connectivity index (χ3n) is 5.68. The minimum absolute atomic E-state index is 0.0591. The molecule has 3 rings (SSSR count). The van der Waals surface area contributed by atoms with E-state index < -0.39 is 17.6 Å². The van der Waals surface area contributed by atoms with E-state index in [2.05, 4.69) is 15.6 Å². The van der Waals surface area contributed by atoms with Crippen LogP contribution >= 0.6 is 23.2 Å². The van der Waals surface area contributed by atoms with Crippen molar-refractivity contribution in [3.05, 3.63) is 63.4 Å². The Morgan fingerprint density at radius 1 is 1.35 bits per heavy atom. The monoisotopic (exact) mass is 508 g/mol. The van der Waals surface area contributed by atoms with E-state index in [4.69, 9.17) is 27.9 Å². The molecule has 1 aliphatic rings. The zero-order valence-electron chi connectivity index (χ0n) is 19.2. The lowest BCUT2D eigenvalue weighted by molar-refractivity contribution is -0.136. The van der Waals surface area contributed by atoms with Crippen molar-refractivity contribution in [1.29, 1.82) is 0 Å². The first kappa shape index (κ1) is 25.9. The average molecular weight is 509 g/mol. The molecule has 182 valence electrons. The van der Waals surface area contributed by atoms with E-state index >= 15 is 0 Å². The van der Waals surface area contributed by atoms with Crippen molar-refractivity contribution < 1.29 is 18.7 Å². The number of carbonyl (C=O) groups is 2. The molecule has 1 heterocycles. The lowest BCUT2D eigenvalue weighted by atomic mass is 10.0. The molecule has 0 bridgehead atoms. The summed E-state index contributed by atoms with van der Waals surface area (Å²) in [7, 11) is 3.15. The smallest absolute Gasteiger partial charge is 0.270 e. The Hall–Kier alpha value is -2.68. The van der Waals surface area contributed by atoms with Crippen molar-refractivity contribution >= 4 is 47.0 Å². The molecule has 2 atom stereocenters. The Labute approximate surface area is 208 Å². The number of nitrogens with zero attached hydrogens (tertiary/aromatic N) is 2. The number of ether oxygens (including phenoxy) is 1. The van der Waals surface area contributed by atoms with E-state index in [0.29, 0.717) is 42.9 Å². The van der Waals surface area contributed by atoms with Crippen LogP contribution in [0, 0.1) is 5.82 Å². The third kappa shape index (κ3) is 5.87. The number of likely N-dealkylation sites (N-methyl/N-ethyl adjacent to an activating group) is 1. The van der Waals surface area contributed by atoms with Gasteiger partial charge in [-0.25, -0.2) is 9.38 Å². The van der Waals surface area contributed by atoms with Crippen LogP contribution in [0.5, 0.6) is 0 Å². The molecule has 2 amide bonds. The molecular weight excluding hydrogens is 482 g/mol. The van der Waals surface area contributed by atoms with Crippen molar-refractivity contribution in [1.82, 2.24) is 10.2 Å². The Kier molecular flexibility index (Phi) is 8.52. The van der Waals surface area contributed by atoms with Crippen LogP contribution in [0.1, 0.15) is 37.0 Å². The first-order valence-electron chi connectivity index (χ1n) is 10.8. The van der Waals surface area contributed by atoms with Gasteiger partial charge in [0.25, 0.3) is 5.91 Å². The van der Waals surface area contributed by atoms with E-state index in [1.807, 2.05) is 18.2 Å². The van der Waals surface area contributed by atoms with Crippen molar-refractivity contribution in [2.75, 3.05) is 26.0 Å². The van der Waals surface area contributed by atoms with E-state index in [1.54, 1.807) is 24.9 Å². The summed E-state index contributed by atoms with van der Waals surface area (Å²) in [4.78, 5) is 29.9. The standard InChI is InChI=1S/C24H27Cl2FN4O3/c1-24(29-20(30-24)13-15-6-4-7-16(25)12-15)23(33)31(2)11-5-8-19(34-3)21-18(28-14-32)10-9-17(26)22(21)27/h4,6-7,9-10,12,14,19H,5,8,11,13H2,1-3H3,(H,28,32)(H,29,30). The molecule has 1 aliphatic heterocycles. The number of methoxy groups -OCH3 is 1. The Morgan fingerprint density at radius 2 is 2.09 bits per heavy atom. The van der Waals surface area contributed by atoms with Crippen LogP contribution in [0.3, 0.4) is 0 Å². The highest BCUT2D eigenvalue weighted by Crippen LogP contribution is 2.34. The fraction of sp³-hybridized carbons (Fsp3) is 0.375. The molecule has 7 nitrogen and oxygen atoms in total. The summed E-state index contributed by atoms with van der Waals surface area (Å²) in [5.74, 6) is -0.0938. The number of hydrogen-bond acceptors (Lipinski definition) is 5. The Morgan fingerprint density at radius 3 is 2.74 bits per heavy atom. The highest BCUT2D eigenvalue weighted by molar-refractivity contribution is 6.31. The maximum absolute atomic E-state index is 14.7. The van der Waals surface area contributed by atoms with Crippen LogP contribution < -0.4 is 10.6 Å². The van der Waals surface area contributed by atoms with Crippen LogP contribution in [0.4, 0.5) is 10.1 Å². The topological polar surface area (TPSA) is 83.0 Å². The zero-order chi connectivity index (χ0) is 24.9.